The molecule has 4 rings (SSSR count). The van der Waals surface area contributed by atoms with E-state index in [2.05, 4.69) is 29.4 Å². The number of aromatic hydroxyl groups is 1. The normalized spacial score (nSPS) is 11.6. The van der Waals surface area contributed by atoms with Crippen LogP contribution in [-0.4, -0.2) is 16.0 Å². The van der Waals surface area contributed by atoms with E-state index >= 15 is 0 Å². The number of rotatable bonds is 2. The average Bonchev–Trinajstić information content (AvgIpc) is 2.89. The van der Waals surface area contributed by atoms with Crippen LogP contribution in [0.3, 0.4) is 0 Å². The van der Waals surface area contributed by atoms with Gasteiger partial charge in [-0.05, 0) is 24.3 Å². The zero-order chi connectivity index (χ0) is 14.9. The summed E-state index contributed by atoms with van der Waals surface area (Å²) in [5.41, 5.74) is 2.80. The minimum Gasteiger partial charge on any atom is -0.507 e. The molecule has 0 bridgehead atoms. The van der Waals surface area contributed by atoms with Gasteiger partial charge in [-0.25, -0.2) is 4.68 Å². The molecular weight excluding hydrogens is 272 g/mol. The standard InChI is InChI=1S/C19H14N2O/c22-19-12-6-1-7-14(19)13-20-21-17-10-4-2-8-15(17)16-9-3-5-11-18(16)21/h1-13,22H/b20-13-. The minimum atomic E-state index is 0.229. The molecule has 0 saturated heterocycles. The third kappa shape index (κ3) is 1.95. The van der Waals surface area contributed by atoms with Crippen LogP contribution in [0.15, 0.2) is 77.9 Å². The van der Waals surface area contributed by atoms with Crippen molar-refractivity contribution in [3.8, 4) is 5.75 Å². The van der Waals surface area contributed by atoms with E-state index in [1.54, 1.807) is 18.3 Å². The first-order valence-electron chi connectivity index (χ1n) is 7.15. The Balaban J connectivity index is 1.95. The molecule has 0 aliphatic carbocycles. The number of fused-ring (bicyclic) bond motifs is 3. The van der Waals surface area contributed by atoms with Crippen molar-refractivity contribution >= 4 is 28.0 Å². The lowest BCUT2D eigenvalue weighted by Crippen LogP contribution is -1.90. The first-order chi connectivity index (χ1) is 10.8. The van der Waals surface area contributed by atoms with Crippen LogP contribution < -0.4 is 0 Å². The highest BCUT2D eigenvalue weighted by Crippen LogP contribution is 2.28. The number of benzene rings is 3. The lowest BCUT2D eigenvalue weighted by molar-refractivity contribution is 0.474. The van der Waals surface area contributed by atoms with Gasteiger partial charge in [0.1, 0.15) is 5.75 Å². The summed E-state index contributed by atoms with van der Waals surface area (Å²) >= 11 is 0. The van der Waals surface area contributed by atoms with E-state index in [4.69, 9.17) is 0 Å². The van der Waals surface area contributed by atoms with Crippen molar-refractivity contribution in [2.45, 2.75) is 0 Å². The maximum atomic E-state index is 9.87. The van der Waals surface area contributed by atoms with Gasteiger partial charge in [0.15, 0.2) is 0 Å². The summed E-state index contributed by atoms with van der Waals surface area (Å²) < 4.78 is 1.91. The Kier molecular flexibility index (Phi) is 2.90. The Hall–Kier alpha value is -3.07. The number of hydrogen-bond acceptors (Lipinski definition) is 2. The molecular formula is C19H14N2O. The molecule has 0 spiro atoms. The molecule has 4 aromatic rings. The Morgan fingerprint density at radius 2 is 1.27 bits per heavy atom. The number of phenols is 1. The highest BCUT2D eigenvalue weighted by molar-refractivity contribution is 6.08. The SMILES string of the molecule is Oc1ccccc1/C=N\n1c2ccccc2c2ccccc21. The molecule has 106 valence electrons. The lowest BCUT2D eigenvalue weighted by atomic mass is 10.2. The second-order valence-electron chi connectivity index (χ2n) is 5.15. The Labute approximate surface area is 127 Å². The number of nitrogens with zero attached hydrogens (tertiary/aromatic N) is 2. The summed E-state index contributed by atoms with van der Waals surface area (Å²) in [6.45, 7) is 0. The van der Waals surface area contributed by atoms with Crippen LogP contribution in [0.25, 0.3) is 21.8 Å². The highest BCUT2D eigenvalue weighted by atomic mass is 16.3. The summed E-state index contributed by atoms with van der Waals surface area (Å²) in [5, 5.41) is 16.8. The second kappa shape index (κ2) is 5.04. The molecule has 3 heteroatoms. The van der Waals surface area contributed by atoms with Gasteiger partial charge in [0.2, 0.25) is 0 Å². The van der Waals surface area contributed by atoms with Crippen molar-refractivity contribution in [3.63, 3.8) is 0 Å². The fourth-order valence-electron chi connectivity index (χ4n) is 2.74. The Morgan fingerprint density at radius 3 is 1.91 bits per heavy atom. The lowest BCUT2D eigenvalue weighted by Gasteiger charge is -2.01. The van der Waals surface area contributed by atoms with Crippen molar-refractivity contribution in [1.29, 1.82) is 0 Å². The van der Waals surface area contributed by atoms with Gasteiger partial charge in [0.25, 0.3) is 0 Å². The quantitative estimate of drug-likeness (QED) is 0.545. The van der Waals surface area contributed by atoms with Gasteiger partial charge in [-0.15, -0.1) is 0 Å². The van der Waals surface area contributed by atoms with E-state index in [0.29, 0.717) is 5.56 Å². The molecule has 0 aliphatic rings. The molecule has 3 aromatic carbocycles. The first kappa shape index (κ1) is 12.7. The third-order valence-corrected chi connectivity index (χ3v) is 3.80. The van der Waals surface area contributed by atoms with Gasteiger partial charge < -0.3 is 5.11 Å². The molecule has 1 heterocycles. The van der Waals surface area contributed by atoms with Crippen molar-refractivity contribution in [3.05, 3.63) is 78.4 Å². The van der Waals surface area contributed by atoms with Gasteiger partial charge >= 0.3 is 0 Å². The maximum absolute atomic E-state index is 9.87. The third-order valence-electron chi connectivity index (χ3n) is 3.80. The Bertz CT molecular complexity index is 945. The summed E-state index contributed by atoms with van der Waals surface area (Å²) in [6.07, 6.45) is 1.69. The Morgan fingerprint density at radius 1 is 0.727 bits per heavy atom. The van der Waals surface area contributed by atoms with Crippen molar-refractivity contribution in [1.82, 2.24) is 4.68 Å². The van der Waals surface area contributed by atoms with Crippen LogP contribution in [0.1, 0.15) is 5.56 Å². The van der Waals surface area contributed by atoms with Crippen molar-refractivity contribution < 1.29 is 5.11 Å². The van der Waals surface area contributed by atoms with E-state index in [9.17, 15) is 5.11 Å². The fourth-order valence-corrected chi connectivity index (χ4v) is 2.74. The molecule has 0 aliphatic heterocycles. The maximum Gasteiger partial charge on any atom is 0.124 e. The van der Waals surface area contributed by atoms with Crippen LogP contribution in [0, 0.1) is 0 Å². The van der Waals surface area contributed by atoms with E-state index in [1.165, 1.54) is 10.8 Å². The monoisotopic (exact) mass is 286 g/mol. The van der Waals surface area contributed by atoms with Crippen molar-refractivity contribution in [2.75, 3.05) is 0 Å². The van der Waals surface area contributed by atoms with E-state index in [0.717, 1.165) is 11.0 Å². The topological polar surface area (TPSA) is 37.5 Å². The average molecular weight is 286 g/mol. The molecule has 22 heavy (non-hydrogen) atoms. The second-order valence-corrected chi connectivity index (χ2v) is 5.15. The predicted molar refractivity (Wildman–Crippen MR) is 90.5 cm³/mol. The molecule has 0 unspecified atom stereocenters. The first-order valence-corrected chi connectivity index (χ1v) is 7.15. The fraction of sp³-hybridized carbons (Fsp3) is 0. The van der Waals surface area contributed by atoms with E-state index in [1.807, 2.05) is 41.1 Å². The van der Waals surface area contributed by atoms with Gasteiger partial charge in [0.05, 0.1) is 17.2 Å². The number of hydrogen-bond donors (Lipinski definition) is 1. The largest absolute Gasteiger partial charge is 0.507 e. The van der Waals surface area contributed by atoms with Crippen molar-refractivity contribution in [2.24, 2.45) is 5.10 Å². The summed E-state index contributed by atoms with van der Waals surface area (Å²) in [5.74, 6) is 0.229. The van der Waals surface area contributed by atoms with Crippen LogP contribution in [0.5, 0.6) is 5.75 Å². The summed E-state index contributed by atoms with van der Waals surface area (Å²) in [4.78, 5) is 0. The zero-order valence-corrected chi connectivity index (χ0v) is 11.8. The smallest absolute Gasteiger partial charge is 0.124 e. The molecule has 0 radical (unpaired) electrons. The molecule has 0 saturated carbocycles. The van der Waals surface area contributed by atoms with E-state index in [-0.39, 0.29) is 5.75 Å². The molecule has 0 amide bonds. The number of para-hydroxylation sites is 3. The molecule has 1 N–H and O–H groups in total. The molecule has 3 nitrogen and oxygen atoms in total. The van der Waals surface area contributed by atoms with Crippen LogP contribution >= 0.6 is 0 Å². The zero-order valence-electron chi connectivity index (χ0n) is 11.8. The number of phenolic OH excluding ortho intramolecular Hbond substituents is 1. The van der Waals surface area contributed by atoms with Crippen LogP contribution in [-0.2, 0) is 0 Å². The van der Waals surface area contributed by atoms with Gasteiger partial charge in [0, 0.05) is 16.3 Å². The number of aromatic nitrogens is 1. The molecule has 0 atom stereocenters. The predicted octanol–water partition coefficient (Wildman–Crippen LogP) is 4.38. The molecule has 0 fully saturated rings. The summed E-state index contributed by atoms with van der Waals surface area (Å²) in [6, 6.07) is 23.6. The van der Waals surface area contributed by atoms with Gasteiger partial charge in [-0.3, -0.25) is 0 Å². The van der Waals surface area contributed by atoms with Gasteiger partial charge in [-0.1, -0.05) is 48.5 Å². The molecule has 1 aromatic heterocycles. The summed E-state index contributed by atoms with van der Waals surface area (Å²) in [7, 11) is 0. The minimum absolute atomic E-state index is 0.229. The van der Waals surface area contributed by atoms with Crippen LogP contribution in [0.2, 0.25) is 0 Å². The van der Waals surface area contributed by atoms with Crippen LogP contribution in [0.4, 0.5) is 0 Å². The van der Waals surface area contributed by atoms with Gasteiger partial charge in [-0.2, -0.15) is 5.10 Å². The highest BCUT2D eigenvalue weighted by Gasteiger charge is 2.08. The van der Waals surface area contributed by atoms with E-state index < -0.39 is 0 Å².